The normalized spacial score (nSPS) is 12.5. The van der Waals surface area contributed by atoms with Crippen molar-refractivity contribution in [2.75, 3.05) is 14.2 Å². The number of halogens is 1. The molecule has 0 bridgehead atoms. The van der Waals surface area contributed by atoms with Gasteiger partial charge in [0.15, 0.2) is 0 Å². The van der Waals surface area contributed by atoms with Crippen LogP contribution < -0.4 is 10.1 Å². The first kappa shape index (κ1) is 14.0. The Kier molecular flexibility index (Phi) is 4.22. The molecule has 0 radical (unpaired) electrons. The molecule has 0 aliphatic rings. The van der Waals surface area contributed by atoms with Crippen LogP contribution in [0.25, 0.3) is 0 Å². The maximum atomic E-state index is 13.4. The molecule has 102 valence electrons. The lowest BCUT2D eigenvalue weighted by molar-refractivity contribution is 0.408. The smallest absolute Gasteiger partial charge is 0.134 e. The molecule has 0 amide bonds. The summed E-state index contributed by atoms with van der Waals surface area (Å²) in [6.07, 6.45) is 0. The molecule has 2 nitrogen and oxygen atoms in total. The van der Waals surface area contributed by atoms with Crippen LogP contribution in [0.5, 0.6) is 5.75 Å². The zero-order valence-corrected chi connectivity index (χ0v) is 12.4. The predicted octanol–water partition coefficient (Wildman–Crippen LogP) is 3.82. The van der Waals surface area contributed by atoms with Crippen molar-refractivity contribution in [3.63, 3.8) is 0 Å². The molecule has 0 saturated carbocycles. The molecule has 1 heterocycles. The van der Waals surface area contributed by atoms with Crippen LogP contribution in [0.15, 0.2) is 23.6 Å². The number of methoxy groups -OCH3 is 1. The van der Waals surface area contributed by atoms with Crippen LogP contribution in [0.4, 0.5) is 4.39 Å². The maximum absolute atomic E-state index is 13.4. The minimum atomic E-state index is -0.188. The molecule has 1 atom stereocenters. The average molecular weight is 279 g/mol. The van der Waals surface area contributed by atoms with Gasteiger partial charge >= 0.3 is 0 Å². The molecule has 4 heteroatoms. The first-order chi connectivity index (χ1) is 9.08. The number of hydrogen-bond donors (Lipinski definition) is 1. The van der Waals surface area contributed by atoms with Crippen molar-refractivity contribution in [3.05, 3.63) is 51.0 Å². The lowest BCUT2D eigenvalue weighted by atomic mass is 9.94. The van der Waals surface area contributed by atoms with Crippen molar-refractivity contribution >= 4 is 11.3 Å². The highest BCUT2D eigenvalue weighted by Gasteiger charge is 2.21. The monoisotopic (exact) mass is 279 g/mol. The van der Waals surface area contributed by atoms with E-state index in [1.165, 1.54) is 0 Å². The second-order valence-electron chi connectivity index (χ2n) is 4.53. The van der Waals surface area contributed by atoms with E-state index in [1.807, 2.05) is 32.3 Å². The summed E-state index contributed by atoms with van der Waals surface area (Å²) in [7, 11) is 3.58. The van der Waals surface area contributed by atoms with Gasteiger partial charge in [-0.15, -0.1) is 11.3 Å². The highest BCUT2D eigenvalue weighted by atomic mass is 32.1. The van der Waals surface area contributed by atoms with Gasteiger partial charge in [-0.1, -0.05) is 0 Å². The van der Waals surface area contributed by atoms with E-state index >= 15 is 0 Å². The Bertz CT molecular complexity index is 556. The maximum Gasteiger partial charge on any atom is 0.134 e. The Hall–Kier alpha value is -1.39. The minimum absolute atomic E-state index is 0.0237. The summed E-state index contributed by atoms with van der Waals surface area (Å²) >= 11 is 1.64. The molecule has 0 fully saturated rings. The first-order valence-corrected chi connectivity index (χ1v) is 7.01. The van der Waals surface area contributed by atoms with Crippen molar-refractivity contribution in [3.8, 4) is 5.75 Å². The topological polar surface area (TPSA) is 21.3 Å². The van der Waals surface area contributed by atoms with Crippen molar-refractivity contribution < 1.29 is 9.13 Å². The number of thiophene rings is 1. The number of hydrogen-bond acceptors (Lipinski definition) is 3. The largest absolute Gasteiger partial charge is 0.496 e. The Morgan fingerprint density at radius 3 is 2.42 bits per heavy atom. The average Bonchev–Trinajstić information content (AvgIpc) is 2.81. The third-order valence-electron chi connectivity index (χ3n) is 3.28. The fraction of sp³-hybridized carbons (Fsp3) is 0.333. The number of rotatable bonds is 4. The fourth-order valence-electron chi connectivity index (χ4n) is 2.47. The van der Waals surface area contributed by atoms with Gasteiger partial charge in [0, 0.05) is 0 Å². The van der Waals surface area contributed by atoms with Gasteiger partial charge in [-0.3, -0.25) is 0 Å². The third kappa shape index (κ3) is 2.65. The molecule has 1 unspecified atom stereocenters. The molecular formula is C15H18FNOS. The van der Waals surface area contributed by atoms with E-state index < -0.39 is 0 Å². The van der Waals surface area contributed by atoms with Crippen LogP contribution in [0.3, 0.4) is 0 Å². The van der Waals surface area contributed by atoms with E-state index in [0.717, 1.165) is 27.3 Å². The highest BCUT2D eigenvalue weighted by molar-refractivity contribution is 7.10. The second kappa shape index (κ2) is 5.72. The van der Waals surface area contributed by atoms with Gasteiger partial charge in [-0.2, -0.15) is 0 Å². The summed E-state index contributed by atoms with van der Waals surface area (Å²) in [5.41, 5.74) is 3.02. The standard InChI is InChI=1S/C15H18FNOS/c1-9-7-11(16)8-10(2)13(9)14(17-3)15-12(18-4)5-6-19-15/h5-8,14,17H,1-4H3. The van der Waals surface area contributed by atoms with Crippen molar-refractivity contribution in [2.45, 2.75) is 19.9 Å². The Morgan fingerprint density at radius 1 is 1.26 bits per heavy atom. The number of ether oxygens (including phenoxy) is 1. The Labute approximate surface area is 117 Å². The Morgan fingerprint density at radius 2 is 1.89 bits per heavy atom. The molecule has 0 saturated heterocycles. The van der Waals surface area contributed by atoms with Crippen LogP contribution in [0, 0.1) is 19.7 Å². The number of aryl methyl sites for hydroxylation is 2. The third-order valence-corrected chi connectivity index (χ3v) is 4.24. The van der Waals surface area contributed by atoms with Crippen LogP contribution in [-0.4, -0.2) is 14.2 Å². The van der Waals surface area contributed by atoms with Crippen molar-refractivity contribution in [2.24, 2.45) is 0 Å². The SMILES string of the molecule is CNC(c1sccc1OC)c1c(C)cc(F)cc1C. The quantitative estimate of drug-likeness (QED) is 0.918. The van der Waals surface area contributed by atoms with Crippen LogP contribution in [0.2, 0.25) is 0 Å². The molecule has 0 spiro atoms. The molecule has 1 aromatic carbocycles. The van der Waals surface area contributed by atoms with E-state index in [4.69, 9.17) is 4.74 Å². The molecule has 19 heavy (non-hydrogen) atoms. The van der Waals surface area contributed by atoms with Gasteiger partial charge in [0.2, 0.25) is 0 Å². The van der Waals surface area contributed by atoms with Crippen LogP contribution in [0.1, 0.15) is 27.6 Å². The van der Waals surface area contributed by atoms with Crippen molar-refractivity contribution in [1.82, 2.24) is 5.32 Å². The molecule has 0 aliphatic heterocycles. The van der Waals surface area contributed by atoms with Gasteiger partial charge in [0.05, 0.1) is 18.0 Å². The fourth-order valence-corrected chi connectivity index (χ4v) is 3.45. The lowest BCUT2D eigenvalue weighted by Gasteiger charge is -2.21. The Balaban J connectivity index is 2.54. The summed E-state index contributed by atoms with van der Waals surface area (Å²) in [4.78, 5) is 1.11. The summed E-state index contributed by atoms with van der Waals surface area (Å²) in [5, 5.41) is 5.31. The van der Waals surface area contributed by atoms with E-state index in [0.29, 0.717) is 0 Å². The molecule has 1 N–H and O–H groups in total. The van der Waals surface area contributed by atoms with Gasteiger partial charge in [0.25, 0.3) is 0 Å². The van der Waals surface area contributed by atoms with Gasteiger partial charge in [-0.25, -0.2) is 4.39 Å². The zero-order chi connectivity index (χ0) is 14.0. The molecule has 0 aliphatic carbocycles. The van der Waals surface area contributed by atoms with Gasteiger partial charge in [0.1, 0.15) is 11.6 Å². The summed E-state index contributed by atoms with van der Waals surface area (Å²) in [5.74, 6) is 0.680. The van der Waals surface area contributed by atoms with E-state index in [1.54, 1.807) is 30.6 Å². The van der Waals surface area contributed by atoms with E-state index in [2.05, 4.69) is 5.32 Å². The first-order valence-electron chi connectivity index (χ1n) is 6.13. The van der Waals surface area contributed by atoms with Gasteiger partial charge in [-0.05, 0) is 61.2 Å². The van der Waals surface area contributed by atoms with Crippen LogP contribution >= 0.6 is 11.3 Å². The van der Waals surface area contributed by atoms with Crippen LogP contribution in [-0.2, 0) is 0 Å². The predicted molar refractivity (Wildman–Crippen MR) is 77.6 cm³/mol. The second-order valence-corrected chi connectivity index (χ2v) is 5.48. The number of benzene rings is 1. The minimum Gasteiger partial charge on any atom is -0.496 e. The van der Waals surface area contributed by atoms with Gasteiger partial charge < -0.3 is 10.1 Å². The summed E-state index contributed by atoms with van der Waals surface area (Å²) in [6.45, 7) is 3.88. The molecule has 1 aromatic heterocycles. The molecule has 2 rings (SSSR count). The number of nitrogens with one attached hydrogen (secondary N) is 1. The lowest BCUT2D eigenvalue weighted by Crippen LogP contribution is -2.19. The highest BCUT2D eigenvalue weighted by Crippen LogP contribution is 2.37. The summed E-state index contributed by atoms with van der Waals surface area (Å²) < 4.78 is 18.8. The molecule has 2 aromatic rings. The van der Waals surface area contributed by atoms with E-state index in [-0.39, 0.29) is 11.9 Å². The van der Waals surface area contributed by atoms with E-state index in [9.17, 15) is 4.39 Å². The van der Waals surface area contributed by atoms with Crippen molar-refractivity contribution in [1.29, 1.82) is 0 Å². The molecular weight excluding hydrogens is 261 g/mol. The summed E-state index contributed by atoms with van der Waals surface area (Å²) in [6, 6.07) is 5.13. The zero-order valence-electron chi connectivity index (χ0n) is 11.6.